The first-order chi connectivity index (χ1) is 8.47. The molecule has 0 heterocycles. The van der Waals surface area contributed by atoms with Crippen molar-refractivity contribution in [2.45, 2.75) is 44.2 Å². The van der Waals surface area contributed by atoms with Gasteiger partial charge in [0.25, 0.3) is 0 Å². The summed E-state index contributed by atoms with van der Waals surface area (Å²) in [5, 5.41) is 15.4. The molecule has 0 bridgehead atoms. The van der Waals surface area contributed by atoms with Gasteiger partial charge in [0.2, 0.25) is 5.91 Å². The molecular formula is C12H23N3O3. The highest BCUT2D eigenvalue weighted by atomic mass is 16.4. The zero-order valence-corrected chi connectivity index (χ0v) is 11.0. The third-order valence-electron chi connectivity index (χ3n) is 3.67. The maximum Gasteiger partial charge on any atom is 0.324 e. The second kappa shape index (κ2) is 6.15. The highest BCUT2D eigenvalue weighted by molar-refractivity contribution is 5.81. The van der Waals surface area contributed by atoms with Crippen LogP contribution in [0.15, 0.2) is 0 Å². The van der Waals surface area contributed by atoms with Crippen molar-refractivity contribution in [1.29, 1.82) is 0 Å². The molecule has 0 aliphatic heterocycles. The van der Waals surface area contributed by atoms with Crippen molar-refractivity contribution in [2.75, 3.05) is 13.6 Å². The SMILES string of the molecule is CCNC(CCC(NC)C(N)=O)(C(=O)O)C1CC1. The third-order valence-corrected chi connectivity index (χ3v) is 3.67. The van der Waals surface area contributed by atoms with E-state index in [1.54, 1.807) is 7.05 Å². The molecule has 0 spiro atoms. The van der Waals surface area contributed by atoms with Gasteiger partial charge in [0.05, 0.1) is 6.04 Å². The molecule has 0 radical (unpaired) electrons. The van der Waals surface area contributed by atoms with E-state index in [4.69, 9.17) is 5.73 Å². The summed E-state index contributed by atoms with van der Waals surface area (Å²) < 4.78 is 0. The van der Waals surface area contributed by atoms with Gasteiger partial charge in [-0.2, -0.15) is 0 Å². The number of likely N-dealkylation sites (N-methyl/N-ethyl adjacent to an activating group) is 2. The molecule has 2 atom stereocenters. The molecule has 5 N–H and O–H groups in total. The largest absolute Gasteiger partial charge is 0.480 e. The number of amides is 1. The van der Waals surface area contributed by atoms with Gasteiger partial charge in [-0.25, -0.2) is 0 Å². The molecule has 18 heavy (non-hydrogen) atoms. The van der Waals surface area contributed by atoms with Gasteiger partial charge in [-0.15, -0.1) is 0 Å². The standard InChI is InChI=1S/C12H23N3O3/c1-3-15-12(11(17)18,8-4-5-8)7-6-9(14-2)10(13)16/h8-9,14-15H,3-7H2,1-2H3,(H2,13,16)(H,17,18). The van der Waals surface area contributed by atoms with E-state index in [2.05, 4.69) is 10.6 Å². The van der Waals surface area contributed by atoms with E-state index in [0.29, 0.717) is 19.4 Å². The van der Waals surface area contributed by atoms with E-state index in [0.717, 1.165) is 12.8 Å². The van der Waals surface area contributed by atoms with Crippen LogP contribution >= 0.6 is 0 Å². The van der Waals surface area contributed by atoms with E-state index in [-0.39, 0.29) is 5.92 Å². The average molecular weight is 257 g/mol. The lowest BCUT2D eigenvalue weighted by Crippen LogP contribution is -2.55. The van der Waals surface area contributed by atoms with Crippen LogP contribution in [0.25, 0.3) is 0 Å². The maximum absolute atomic E-state index is 11.6. The minimum Gasteiger partial charge on any atom is -0.480 e. The highest BCUT2D eigenvalue weighted by Crippen LogP contribution is 2.42. The van der Waals surface area contributed by atoms with Gasteiger partial charge in [-0.3, -0.25) is 9.59 Å². The summed E-state index contributed by atoms with van der Waals surface area (Å²) in [4.78, 5) is 22.7. The van der Waals surface area contributed by atoms with Crippen LogP contribution in [-0.4, -0.2) is 42.2 Å². The number of carboxylic acid groups (broad SMARTS) is 1. The van der Waals surface area contributed by atoms with Gasteiger partial charge in [0, 0.05) is 0 Å². The van der Waals surface area contributed by atoms with Gasteiger partial charge in [-0.05, 0) is 45.2 Å². The molecule has 0 aromatic rings. The monoisotopic (exact) mass is 257 g/mol. The van der Waals surface area contributed by atoms with Crippen molar-refractivity contribution in [3.8, 4) is 0 Å². The quantitative estimate of drug-likeness (QED) is 0.453. The van der Waals surface area contributed by atoms with Gasteiger partial charge in [0.1, 0.15) is 5.54 Å². The van der Waals surface area contributed by atoms with Gasteiger partial charge in [0.15, 0.2) is 0 Å². The molecule has 1 fully saturated rings. The third kappa shape index (κ3) is 3.20. The Labute approximate surface area is 107 Å². The van der Waals surface area contributed by atoms with Crippen molar-refractivity contribution >= 4 is 11.9 Å². The van der Waals surface area contributed by atoms with Crippen molar-refractivity contribution in [1.82, 2.24) is 10.6 Å². The fourth-order valence-corrected chi connectivity index (χ4v) is 2.49. The molecule has 1 rings (SSSR count). The summed E-state index contributed by atoms with van der Waals surface area (Å²) in [6, 6.07) is -0.471. The number of hydrogen-bond acceptors (Lipinski definition) is 4. The smallest absolute Gasteiger partial charge is 0.324 e. The van der Waals surface area contributed by atoms with E-state index in [9.17, 15) is 14.7 Å². The molecule has 6 nitrogen and oxygen atoms in total. The number of nitrogens with one attached hydrogen (secondary N) is 2. The second-order valence-corrected chi connectivity index (χ2v) is 4.86. The van der Waals surface area contributed by atoms with Crippen LogP contribution in [0.1, 0.15) is 32.6 Å². The number of hydrogen-bond donors (Lipinski definition) is 4. The normalized spacial score (nSPS) is 20.1. The highest BCUT2D eigenvalue weighted by Gasteiger charge is 2.50. The second-order valence-electron chi connectivity index (χ2n) is 4.86. The Morgan fingerprint density at radius 1 is 1.50 bits per heavy atom. The Kier molecular flexibility index (Phi) is 5.10. The summed E-state index contributed by atoms with van der Waals surface area (Å²) >= 11 is 0. The topological polar surface area (TPSA) is 104 Å². The summed E-state index contributed by atoms with van der Waals surface area (Å²) in [5.41, 5.74) is 4.35. The Hall–Kier alpha value is -1.14. The summed E-state index contributed by atoms with van der Waals surface area (Å²) in [6.45, 7) is 2.49. The number of carbonyl (C=O) groups is 2. The lowest BCUT2D eigenvalue weighted by molar-refractivity contribution is -0.146. The molecule has 2 unspecified atom stereocenters. The predicted octanol–water partition coefficient (Wildman–Crippen LogP) is -0.317. The summed E-state index contributed by atoms with van der Waals surface area (Å²) in [6.07, 6.45) is 2.71. The van der Waals surface area contributed by atoms with E-state index in [1.807, 2.05) is 6.92 Å². The molecule has 1 aliphatic carbocycles. The Balaban J connectivity index is 2.72. The van der Waals surface area contributed by atoms with Gasteiger partial charge < -0.3 is 21.5 Å². The van der Waals surface area contributed by atoms with Crippen LogP contribution < -0.4 is 16.4 Å². The maximum atomic E-state index is 11.6. The lowest BCUT2D eigenvalue weighted by Gasteiger charge is -2.31. The summed E-state index contributed by atoms with van der Waals surface area (Å²) in [7, 11) is 1.66. The average Bonchev–Trinajstić information content (AvgIpc) is 3.11. The van der Waals surface area contributed by atoms with Crippen molar-refractivity contribution in [3.05, 3.63) is 0 Å². The molecule has 1 amide bonds. The zero-order valence-electron chi connectivity index (χ0n) is 11.0. The van der Waals surface area contributed by atoms with Crippen molar-refractivity contribution in [2.24, 2.45) is 11.7 Å². The van der Waals surface area contributed by atoms with E-state index < -0.39 is 23.5 Å². The molecule has 0 saturated heterocycles. The van der Waals surface area contributed by atoms with Crippen LogP contribution in [0.2, 0.25) is 0 Å². The molecular weight excluding hydrogens is 234 g/mol. The van der Waals surface area contributed by atoms with Gasteiger partial charge in [-0.1, -0.05) is 6.92 Å². The number of aliphatic carboxylic acids is 1. The summed E-state index contributed by atoms with van der Waals surface area (Å²) in [5.74, 6) is -1.10. The Bertz CT molecular complexity index is 318. The molecule has 104 valence electrons. The Morgan fingerprint density at radius 2 is 2.11 bits per heavy atom. The molecule has 1 saturated carbocycles. The van der Waals surface area contributed by atoms with E-state index >= 15 is 0 Å². The van der Waals surface area contributed by atoms with Crippen LogP contribution in [0.4, 0.5) is 0 Å². The number of rotatable bonds is 9. The fraction of sp³-hybridized carbons (Fsp3) is 0.833. The first kappa shape index (κ1) is 14.9. The number of nitrogens with two attached hydrogens (primary N) is 1. The molecule has 6 heteroatoms. The first-order valence-electron chi connectivity index (χ1n) is 6.43. The molecule has 0 aromatic heterocycles. The zero-order chi connectivity index (χ0) is 13.8. The van der Waals surface area contributed by atoms with Crippen LogP contribution in [0.5, 0.6) is 0 Å². The molecule has 1 aliphatic rings. The molecule has 0 aromatic carbocycles. The fourth-order valence-electron chi connectivity index (χ4n) is 2.49. The van der Waals surface area contributed by atoms with Crippen LogP contribution in [0, 0.1) is 5.92 Å². The minimum atomic E-state index is -0.903. The Morgan fingerprint density at radius 3 is 2.44 bits per heavy atom. The first-order valence-corrected chi connectivity index (χ1v) is 6.43. The number of primary amides is 1. The van der Waals surface area contributed by atoms with Crippen molar-refractivity contribution in [3.63, 3.8) is 0 Å². The predicted molar refractivity (Wildman–Crippen MR) is 68.0 cm³/mol. The van der Waals surface area contributed by atoms with Crippen LogP contribution in [-0.2, 0) is 9.59 Å². The minimum absolute atomic E-state index is 0.167. The van der Waals surface area contributed by atoms with Gasteiger partial charge >= 0.3 is 5.97 Å². The number of carboxylic acids is 1. The lowest BCUT2D eigenvalue weighted by atomic mass is 9.86. The number of carbonyl (C=O) groups excluding carboxylic acids is 1. The van der Waals surface area contributed by atoms with Crippen molar-refractivity contribution < 1.29 is 14.7 Å². The van der Waals surface area contributed by atoms with E-state index in [1.165, 1.54) is 0 Å². The van der Waals surface area contributed by atoms with Crippen LogP contribution in [0.3, 0.4) is 0 Å².